The molecule has 1 aromatic rings. The number of H-pyrrole nitrogens is 1. The second kappa shape index (κ2) is 4.27. The number of hydrogen-bond acceptors (Lipinski definition) is 1. The van der Waals surface area contributed by atoms with E-state index < -0.39 is 0 Å². The van der Waals surface area contributed by atoms with Crippen molar-refractivity contribution < 1.29 is 4.79 Å². The van der Waals surface area contributed by atoms with Crippen LogP contribution in [-0.4, -0.2) is 10.8 Å². The van der Waals surface area contributed by atoms with Crippen LogP contribution in [0.25, 0.3) is 5.57 Å². The Morgan fingerprint density at radius 2 is 2.00 bits per heavy atom. The Hall–Kier alpha value is -1.31. The van der Waals surface area contributed by atoms with Crippen LogP contribution in [0.15, 0.2) is 24.0 Å². The Bertz CT molecular complexity index is 344. The number of carbonyl (C=O) groups is 1. The molecule has 2 heteroatoms. The maximum absolute atomic E-state index is 11.5. The molecule has 14 heavy (non-hydrogen) atoms. The molecule has 0 aliphatic rings. The van der Waals surface area contributed by atoms with Crippen molar-refractivity contribution in [3.05, 3.63) is 29.6 Å². The maximum atomic E-state index is 11.5. The summed E-state index contributed by atoms with van der Waals surface area (Å²) in [5.74, 6) is 0.445. The van der Waals surface area contributed by atoms with E-state index in [1.807, 2.05) is 39.2 Å². The fourth-order valence-corrected chi connectivity index (χ4v) is 1.82. The number of nitrogens with one attached hydrogen (secondary N) is 1. The van der Waals surface area contributed by atoms with Gasteiger partial charge in [0.1, 0.15) is 0 Å². The minimum absolute atomic E-state index is 0.165. The summed E-state index contributed by atoms with van der Waals surface area (Å²) in [4.78, 5) is 14.5. The van der Waals surface area contributed by atoms with Gasteiger partial charge in [0.25, 0.3) is 0 Å². The first-order chi connectivity index (χ1) is 6.54. The van der Waals surface area contributed by atoms with Gasteiger partial charge in [-0.1, -0.05) is 13.8 Å². The van der Waals surface area contributed by atoms with E-state index >= 15 is 0 Å². The van der Waals surface area contributed by atoms with E-state index in [1.165, 1.54) is 0 Å². The molecule has 0 aliphatic heterocycles. The molecule has 1 heterocycles. The van der Waals surface area contributed by atoms with Crippen molar-refractivity contribution in [3.8, 4) is 0 Å². The van der Waals surface area contributed by atoms with Gasteiger partial charge in [0.05, 0.1) is 0 Å². The number of aromatic nitrogens is 1. The summed E-state index contributed by atoms with van der Waals surface area (Å²) in [5.41, 5.74) is 3.10. The van der Waals surface area contributed by atoms with Crippen LogP contribution in [0, 0.1) is 5.92 Å². The Balaban J connectivity index is 3.18. The highest BCUT2D eigenvalue weighted by molar-refractivity contribution is 6.01. The average molecular weight is 191 g/mol. The minimum Gasteiger partial charge on any atom is -0.367 e. The van der Waals surface area contributed by atoms with Gasteiger partial charge in [0, 0.05) is 18.0 Å². The van der Waals surface area contributed by atoms with E-state index in [0.717, 1.165) is 16.7 Å². The van der Waals surface area contributed by atoms with Gasteiger partial charge in [-0.3, -0.25) is 4.79 Å². The lowest BCUT2D eigenvalue weighted by Crippen LogP contribution is -2.06. The van der Waals surface area contributed by atoms with E-state index in [2.05, 4.69) is 4.98 Å². The van der Waals surface area contributed by atoms with Crippen LogP contribution in [0.2, 0.25) is 0 Å². The third kappa shape index (κ3) is 2.13. The van der Waals surface area contributed by atoms with Crippen LogP contribution in [0.1, 0.15) is 33.3 Å². The highest BCUT2D eigenvalue weighted by Crippen LogP contribution is 2.23. The monoisotopic (exact) mass is 191 g/mol. The highest BCUT2D eigenvalue weighted by atomic mass is 16.1. The van der Waals surface area contributed by atoms with E-state index in [4.69, 9.17) is 0 Å². The fourth-order valence-electron chi connectivity index (χ4n) is 1.82. The standard InChI is InChI=1S/C12H17NO/c1-8(2)12(10(4)14)9(3)11-5-6-13-7-11/h5-8,13H,1-4H3. The number of hydrogen-bond donors (Lipinski definition) is 1. The van der Waals surface area contributed by atoms with E-state index in [9.17, 15) is 4.79 Å². The zero-order chi connectivity index (χ0) is 10.7. The molecule has 76 valence electrons. The Kier molecular flexibility index (Phi) is 3.28. The molecule has 0 unspecified atom stereocenters. The third-order valence-corrected chi connectivity index (χ3v) is 2.39. The summed E-state index contributed by atoms with van der Waals surface area (Å²) in [5, 5.41) is 0. The van der Waals surface area contributed by atoms with Gasteiger partial charge in [0.2, 0.25) is 0 Å². The number of ketones is 1. The molecule has 0 aromatic carbocycles. The van der Waals surface area contributed by atoms with Crippen LogP contribution in [0.3, 0.4) is 0 Å². The summed E-state index contributed by atoms with van der Waals surface area (Å²) in [6.07, 6.45) is 3.79. The number of allylic oxidation sites excluding steroid dienone is 2. The molecule has 1 N–H and O–H groups in total. The van der Waals surface area contributed by atoms with Crippen molar-refractivity contribution in [2.75, 3.05) is 0 Å². The molecular weight excluding hydrogens is 174 g/mol. The van der Waals surface area contributed by atoms with Crippen LogP contribution < -0.4 is 0 Å². The molecule has 1 rings (SSSR count). The smallest absolute Gasteiger partial charge is 0.156 e. The van der Waals surface area contributed by atoms with Gasteiger partial charge in [0.15, 0.2) is 5.78 Å². The van der Waals surface area contributed by atoms with Gasteiger partial charge in [-0.05, 0) is 37.0 Å². The quantitative estimate of drug-likeness (QED) is 0.732. The molecule has 0 saturated heterocycles. The fraction of sp³-hybridized carbons (Fsp3) is 0.417. The second-order valence-electron chi connectivity index (χ2n) is 3.85. The SMILES string of the molecule is CC(=O)C(=C(C)c1cc[nH]c1)C(C)C. The largest absolute Gasteiger partial charge is 0.367 e. The first kappa shape index (κ1) is 10.8. The van der Waals surface area contributed by atoms with Crippen LogP contribution in [0.5, 0.6) is 0 Å². The van der Waals surface area contributed by atoms with Crippen molar-refractivity contribution in [2.45, 2.75) is 27.7 Å². The summed E-state index contributed by atoms with van der Waals surface area (Å²) in [6.45, 7) is 7.73. The van der Waals surface area contributed by atoms with Crippen LogP contribution >= 0.6 is 0 Å². The summed E-state index contributed by atoms with van der Waals surface area (Å²) >= 11 is 0. The summed E-state index contributed by atoms with van der Waals surface area (Å²) in [6, 6.07) is 1.99. The molecule has 0 bridgehead atoms. The number of rotatable bonds is 3. The molecule has 0 atom stereocenters. The predicted octanol–water partition coefficient (Wildman–Crippen LogP) is 3.03. The number of Topliss-reactive ketones (excluding diaryl/α,β-unsaturated/α-hetero) is 1. The Labute approximate surface area is 85.0 Å². The van der Waals surface area contributed by atoms with E-state index in [1.54, 1.807) is 6.92 Å². The molecule has 0 spiro atoms. The van der Waals surface area contributed by atoms with Crippen molar-refractivity contribution in [1.82, 2.24) is 4.98 Å². The highest BCUT2D eigenvalue weighted by Gasteiger charge is 2.13. The third-order valence-electron chi connectivity index (χ3n) is 2.39. The molecule has 0 amide bonds. The van der Waals surface area contributed by atoms with Crippen molar-refractivity contribution in [1.29, 1.82) is 0 Å². The lowest BCUT2D eigenvalue weighted by molar-refractivity contribution is -0.113. The van der Waals surface area contributed by atoms with Gasteiger partial charge < -0.3 is 4.98 Å². The van der Waals surface area contributed by atoms with Crippen LogP contribution in [-0.2, 0) is 4.79 Å². The molecule has 0 radical (unpaired) electrons. The zero-order valence-corrected chi connectivity index (χ0v) is 9.22. The second-order valence-corrected chi connectivity index (χ2v) is 3.85. The molecule has 0 aliphatic carbocycles. The van der Waals surface area contributed by atoms with Gasteiger partial charge in [-0.15, -0.1) is 0 Å². The molecule has 0 saturated carbocycles. The van der Waals surface area contributed by atoms with Gasteiger partial charge >= 0.3 is 0 Å². The Morgan fingerprint density at radius 3 is 2.36 bits per heavy atom. The van der Waals surface area contributed by atoms with Crippen molar-refractivity contribution in [3.63, 3.8) is 0 Å². The number of aromatic amines is 1. The average Bonchev–Trinajstić information content (AvgIpc) is 2.53. The molecule has 2 nitrogen and oxygen atoms in total. The lowest BCUT2D eigenvalue weighted by atomic mass is 9.92. The summed E-state index contributed by atoms with van der Waals surface area (Å²) < 4.78 is 0. The molecule has 0 fully saturated rings. The topological polar surface area (TPSA) is 32.9 Å². The minimum atomic E-state index is 0.165. The first-order valence-electron chi connectivity index (χ1n) is 4.89. The lowest BCUT2D eigenvalue weighted by Gasteiger charge is -2.11. The van der Waals surface area contributed by atoms with E-state index in [0.29, 0.717) is 0 Å². The van der Waals surface area contributed by atoms with Gasteiger partial charge in [-0.2, -0.15) is 0 Å². The first-order valence-corrected chi connectivity index (χ1v) is 4.89. The molecular formula is C12H17NO. The van der Waals surface area contributed by atoms with Crippen molar-refractivity contribution >= 4 is 11.4 Å². The van der Waals surface area contributed by atoms with Gasteiger partial charge in [-0.25, -0.2) is 0 Å². The normalized spacial score (nSPS) is 12.9. The van der Waals surface area contributed by atoms with Crippen LogP contribution in [0.4, 0.5) is 0 Å². The summed E-state index contributed by atoms with van der Waals surface area (Å²) in [7, 11) is 0. The molecule has 1 aromatic heterocycles. The number of carbonyl (C=O) groups excluding carboxylic acids is 1. The maximum Gasteiger partial charge on any atom is 0.156 e. The van der Waals surface area contributed by atoms with Crippen molar-refractivity contribution in [2.24, 2.45) is 5.92 Å². The Morgan fingerprint density at radius 1 is 1.36 bits per heavy atom. The van der Waals surface area contributed by atoms with E-state index in [-0.39, 0.29) is 11.7 Å². The predicted molar refractivity (Wildman–Crippen MR) is 58.9 cm³/mol. The zero-order valence-electron chi connectivity index (χ0n) is 9.22.